The summed E-state index contributed by atoms with van der Waals surface area (Å²) in [4.78, 5) is 23.7. The summed E-state index contributed by atoms with van der Waals surface area (Å²) < 4.78 is 15.1. The third-order valence-electron chi connectivity index (χ3n) is 4.62. The number of piperidine rings is 1. The quantitative estimate of drug-likeness (QED) is 0.569. The van der Waals surface area contributed by atoms with E-state index in [0.717, 1.165) is 25.9 Å². The van der Waals surface area contributed by atoms with Gasteiger partial charge in [0, 0.05) is 12.6 Å². The maximum Gasteiger partial charge on any atom is 0.308 e. The van der Waals surface area contributed by atoms with Gasteiger partial charge >= 0.3 is 5.69 Å². The Morgan fingerprint density at radius 2 is 2.23 bits per heavy atom. The first kappa shape index (κ1) is 16.5. The number of aromatic nitrogens is 4. The topological polar surface area (TPSA) is 98.2 Å². The molecule has 0 spiro atoms. The Labute approximate surface area is 148 Å². The molecule has 4 heterocycles. The summed E-state index contributed by atoms with van der Waals surface area (Å²) >= 11 is 0. The van der Waals surface area contributed by atoms with Gasteiger partial charge in [-0.25, -0.2) is 19.3 Å². The fourth-order valence-corrected chi connectivity index (χ4v) is 3.33. The summed E-state index contributed by atoms with van der Waals surface area (Å²) in [6, 6.07) is 2.88. The van der Waals surface area contributed by atoms with Crippen LogP contribution in [0.5, 0.6) is 0 Å². The lowest BCUT2D eigenvalue weighted by Crippen LogP contribution is -2.31. The molecule has 0 amide bonds. The molecule has 0 aromatic carbocycles. The van der Waals surface area contributed by atoms with Crippen molar-refractivity contribution in [1.82, 2.24) is 24.7 Å². The second kappa shape index (κ2) is 6.75. The Hall–Kier alpha value is -2.94. The van der Waals surface area contributed by atoms with Crippen LogP contribution in [0, 0.1) is 21.8 Å². The minimum absolute atomic E-state index is 0.0840. The molecular weight excluding hydrogens is 339 g/mol. The minimum atomic E-state index is -0.455. The van der Waals surface area contributed by atoms with Crippen molar-refractivity contribution in [2.24, 2.45) is 5.92 Å². The van der Waals surface area contributed by atoms with Crippen LogP contribution >= 0.6 is 0 Å². The van der Waals surface area contributed by atoms with E-state index < -0.39 is 10.7 Å². The smallest absolute Gasteiger partial charge is 0.308 e. The van der Waals surface area contributed by atoms with Crippen molar-refractivity contribution in [3.63, 3.8) is 0 Å². The van der Waals surface area contributed by atoms with Crippen LogP contribution in [0.25, 0.3) is 17.2 Å². The number of rotatable bonds is 4. The standard InChI is InChI=1S/C17H17FN6O2/c18-12-3-4-16-20-9-15(23(16)10-12)17-21-8-14(24(25)26)13(22-17)6-11-2-1-5-19-7-11/h3-4,8-11,19H,1-2,5-7H2/t11-/m0/s1. The normalized spacial score (nSPS) is 17.5. The van der Waals surface area contributed by atoms with E-state index in [9.17, 15) is 14.5 Å². The molecule has 4 rings (SSSR count). The third-order valence-corrected chi connectivity index (χ3v) is 4.62. The molecule has 3 aromatic heterocycles. The van der Waals surface area contributed by atoms with E-state index in [4.69, 9.17) is 0 Å². The van der Waals surface area contributed by atoms with Gasteiger partial charge in [0.2, 0.25) is 0 Å². The molecule has 134 valence electrons. The van der Waals surface area contributed by atoms with Gasteiger partial charge in [0.1, 0.15) is 29.0 Å². The highest BCUT2D eigenvalue weighted by atomic mass is 19.1. The SMILES string of the molecule is O=[N+]([O-])c1cnc(-c2cnc3ccc(F)cn23)nc1C[C@@H]1CCCNC1. The summed E-state index contributed by atoms with van der Waals surface area (Å²) in [7, 11) is 0. The summed E-state index contributed by atoms with van der Waals surface area (Å²) in [5, 5.41) is 14.7. The van der Waals surface area contributed by atoms with Crippen LogP contribution in [0.4, 0.5) is 10.1 Å². The largest absolute Gasteiger partial charge is 0.316 e. The van der Waals surface area contributed by atoms with Crippen LogP contribution in [-0.4, -0.2) is 37.4 Å². The molecule has 0 saturated carbocycles. The first-order chi connectivity index (χ1) is 12.6. The zero-order valence-corrected chi connectivity index (χ0v) is 13.9. The second-order valence-corrected chi connectivity index (χ2v) is 6.42. The lowest BCUT2D eigenvalue weighted by Gasteiger charge is -2.22. The number of imidazole rings is 1. The predicted molar refractivity (Wildman–Crippen MR) is 92.1 cm³/mol. The van der Waals surface area contributed by atoms with Crippen molar-refractivity contribution in [3.05, 3.63) is 52.3 Å². The molecule has 1 atom stereocenters. The van der Waals surface area contributed by atoms with Gasteiger partial charge in [-0.3, -0.25) is 14.5 Å². The van der Waals surface area contributed by atoms with Gasteiger partial charge in [-0.1, -0.05) is 0 Å². The van der Waals surface area contributed by atoms with E-state index in [1.54, 1.807) is 16.7 Å². The van der Waals surface area contributed by atoms with Crippen molar-refractivity contribution in [2.45, 2.75) is 19.3 Å². The van der Waals surface area contributed by atoms with E-state index in [-0.39, 0.29) is 5.69 Å². The van der Waals surface area contributed by atoms with Crippen molar-refractivity contribution in [1.29, 1.82) is 0 Å². The average molecular weight is 356 g/mol. The van der Waals surface area contributed by atoms with Gasteiger partial charge in [-0.05, 0) is 44.0 Å². The fourth-order valence-electron chi connectivity index (χ4n) is 3.33. The van der Waals surface area contributed by atoms with Crippen LogP contribution in [0.2, 0.25) is 0 Å². The number of nitrogens with one attached hydrogen (secondary N) is 1. The fraction of sp³-hybridized carbons (Fsp3) is 0.353. The molecule has 0 bridgehead atoms. The first-order valence-electron chi connectivity index (χ1n) is 8.46. The highest BCUT2D eigenvalue weighted by Crippen LogP contribution is 2.25. The molecule has 3 aromatic rings. The highest BCUT2D eigenvalue weighted by molar-refractivity contribution is 5.57. The van der Waals surface area contributed by atoms with Gasteiger partial charge < -0.3 is 5.32 Å². The number of hydrogen-bond donors (Lipinski definition) is 1. The molecule has 26 heavy (non-hydrogen) atoms. The van der Waals surface area contributed by atoms with Crippen LogP contribution in [0.3, 0.4) is 0 Å². The van der Waals surface area contributed by atoms with Gasteiger partial charge in [0.25, 0.3) is 0 Å². The molecular formula is C17H17FN6O2. The van der Waals surface area contributed by atoms with Crippen molar-refractivity contribution < 1.29 is 9.31 Å². The Morgan fingerprint density at radius 1 is 1.35 bits per heavy atom. The molecule has 0 radical (unpaired) electrons. The molecule has 1 aliphatic rings. The summed E-state index contributed by atoms with van der Waals surface area (Å²) in [6.07, 6.45) is 6.62. The predicted octanol–water partition coefficient (Wildman–Crippen LogP) is 2.38. The van der Waals surface area contributed by atoms with Crippen LogP contribution < -0.4 is 5.32 Å². The Morgan fingerprint density at radius 3 is 3.00 bits per heavy atom. The van der Waals surface area contributed by atoms with Gasteiger partial charge in [-0.2, -0.15) is 0 Å². The number of nitro groups is 1. The highest BCUT2D eigenvalue weighted by Gasteiger charge is 2.23. The Balaban J connectivity index is 1.75. The van der Waals surface area contributed by atoms with E-state index in [1.165, 1.54) is 18.5 Å². The lowest BCUT2D eigenvalue weighted by atomic mass is 9.94. The van der Waals surface area contributed by atoms with Gasteiger partial charge in [-0.15, -0.1) is 0 Å². The summed E-state index contributed by atoms with van der Waals surface area (Å²) in [5.74, 6) is 0.185. The molecule has 1 saturated heterocycles. The van der Waals surface area contributed by atoms with Crippen molar-refractivity contribution in [2.75, 3.05) is 13.1 Å². The number of hydrogen-bond acceptors (Lipinski definition) is 6. The molecule has 1 fully saturated rings. The molecule has 1 aliphatic heterocycles. The summed E-state index contributed by atoms with van der Waals surface area (Å²) in [6.45, 7) is 1.79. The molecule has 0 aliphatic carbocycles. The Bertz CT molecular complexity index is 967. The van der Waals surface area contributed by atoms with Gasteiger partial charge in [0.05, 0.1) is 11.1 Å². The zero-order valence-electron chi connectivity index (χ0n) is 13.9. The van der Waals surface area contributed by atoms with Crippen molar-refractivity contribution >= 4 is 11.3 Å². The molecule has 9 heteroatoms. The molecule has 0 unspecified atom stereocenters. The molecule has 1 N–H and O–H groups in total. The lowest BCUT2D eigenvalue weighted by molar-refractivity contribution is -0.386. The van der Waals surface area contributed by atoms with Crippen LogP contribution in [-0.2, 0) is 6.42 Å². The minimum Gasteiger partial charge on any atom is -0.316 e. The monoisotopic (exact) mass is 356 g/mol. The number of fused-ring (bicyclic) bond motifs is 1. The Kier molecular flexibility index (Phi) is 4.29. The average Bonchev–Trinajstić information content (AvgIpc) is 3.05. The van der Waals surface area contributed by atoms with Crippen molar-refractivity contribution in [3.8, 4) is 11.5 Å². The van der Waals surface area contributed by atoms with E-state index in [0.29, 0.717) is 35.2 Å². The van der Waals surface area contributed by atoms with E-state index >= 15 is 0 Å². The van der Waals surface area contributed by atoms with E-state index in [1.807, 2.05) is 0 Å². The number of nitrogens with zero attached hydrogens (tertiary/aromatic N) is 5. The number of halogens is 1. The maximum absolute atomic E-state index is 13.6. The second-order valence-electron chi connectivity index (χ2n) is 6.42. The van der Waals surface area contributed by atoms with Crippen LogP contribution in [0.15, 0.2) is 30.7 Å². The molecule has 8 nitrogen and oxygen atoms in total. The third kappa shape index (κ3) is 3.13. The summed E-state index contributed by atoms with van der Waals surface area (Å²) in [5.41, 5.74) is 1.37. The number of pyridine rings is 1. The van der Waals surface area contributed by atoms with E-state index in [2.05, 4.69) is 20.3 Å². The first-order valence-corrected chi connectivity index (χ1v) is 8.46. The zero-order chi connectivity index (χ0) is 18.1. The maximum atomic E-state index is 13.6. The van der Waals surface area contributed by atoms with Crippen LogP contribution in [0.1, 0.15) is 18.5 Å². The van der Waals surface area contributed by atoms with Gasteiger partial charge in [0.15, 0.2) is 5.82 Å².